The minimum absolute atomic E-state index is 0.427. The number of rotatable bonds is 5. The Labute approximate surface area is 68.0 Å². The maximum atomic E-state index is 12.0. The summed E-state index contributed by atoms with van der Waals surface area (Å²) < 4.78 is 24.0. The molecule has 0 fully saturated rings. The van der Waals surface area contributed by atoms with Crippen molar-refractivity contribution in [2.24, 2.45) is 11.8 Å². The van der Waals surface area contributed by atoms with Gasteiger partial charge in [0.15, 0.2) is 0 Å². The Kier molecular flexibility index (Phi) is 5.43. The van der Waals surface area contributed by atoms with Gasteiger partial charge in [-0.15, -0.1) is 0 Å². The minimum Gasteiger partial charge on any atom is -0.210 e. The van der Waals surface area contributed by atoms with Gasteiger partial charge >= 0.3 is 0 Å². The average molecular weight is 164 g/mol. The predicted octanol–water partition coefficient (Wildman–Crippen LogP) is 3.71. The molecular formula is C9H18F2. The smallest absolute Gasteiger partial charge is 0.210 e. The molecule has 0 bridgehead atoms. The molecule has 0 spiro atoms. The quantitative estimate of drug-likeness (QED) is 0.581. The second kappa shape index (κ2) is 5.50. The molecule has 0 saturated carbocycles. The van der Waals surface area contributed by atoms with E-state index in [1.54, 1.807) is 6.92 Å². The summed E-state index contributed by atoms with van der Waals surface area (Å²) in [6.45, 7) is 5.82. The number of hydrogen-bond acceptors (Lipinski definition) is 0. The molecule has 0 amide bonds. The highest BCUT2D eigenvalue weighted by Crippen LogP contribution is 2.19. The van der Waals surface area contributed by atoms with E-state index in [2.05, 4.69) is 13.8 Å². The van der Waals surface area contributed by atoms with Crippen LogP contribution >= 0.6 is 0 Å². The normalized spacial score (nSPS) is 16.9. The molecule has 0 aliphatic heterocycles. The van der Waals surface area contributed by atoms with Gasteiger partial charge in [0, 0.05) is 5.92 Å². The first-order valence-electron chi connectivity index (χ1n) is 4.36. The number of halogens is 2. The average Bonchev–Trinajstić information content (AvgIpc) is 1.99. The standard InChI is InChI=1S/C9H18F2/c1-4-7(2)5-6-8(3)9(10)11/h7-9H,4-6H2,1-3H3. The molecule has 68 valence electrons. The van der Waals surface area contributed by atoms with Gasteiger partial charge in [0.2, 0.25) is 6.43 Å². The first-order chi connectivity index (χ1) is 5.07. The second-order valence-corrected chi connectivity index (χ2v) is 3.40. The van der Waals surface area contributed by atoms with Crippen LogP contribution in [0.4, 0.5) is 8.78 Å². The topological polar surface area (TPSA) is 0 Å². The predicted molar refractivity (Wildman–Crippen MR) is 43.9 cm³/mol. The van der Waals surface area contributed by atoms with Gasteiger partial charge in [-0.25, -0.2) is 8.78 Å². The van der Waals surface area contributed by atoms with Gasteiger partial charge in [-0.05, 0) is 12.3 Å². The molecule has 0 saturated heterocycles. The molecule has 0 rings (SSSR count). The molecule has 0 heterocycles. The summed E-state index contributed by atoms with van der Waals surface area (Å²) in [6, 6.07) is 0. The van der Waals surface area contributed by atoms with Gasteiger partial charge in [0.25, 0.3) is 0 Å². The van der Waals surface area contributed by atoms with Crippen LogP contribution in [-0.2, 0) is 0 Å². The van der Waals surface area contributed by atoms with E-state index in [-0.39, 0.29) is 0 Å². The molecule has 11 heavy (non-hydrogen) atoms. The lowest BCUT2D eigenvalue weighted by molar-refractivity contribution is 0.0785. The molecule has 0 aliphatic carbocycles. The fraction of sp³-hybridized carbons (Fsp3) is 1.00. The Balaban J connectivity index is 3.37. The molecule has 2 heteroatoms. The third-order valence-electron chi connectivity index (χ3n) is 2.24. The SMILES string of the molecule is CCC(C)CCC(C)C(F)F. The Morgan fingerprint density at radius 2 is 1.64 bits per heavy atom. The van der Waals surface area contributed by atoms with E-state index >= 15 is 0 Å². The van der Waals surface area contributed by atoms with E-state index in [1.165, 1.54) is 0 Å². The Hall–Kier alpha value is -0.140. The molecule has 0 aromatic rings. The van der Waals surface area contributed by atoms with Crippen LogP contribution in [0.15, 0.2) is 0 Å². The lowest BCUT2D eigenvalue weighted by Crippen LogP contribution is -2.08. The molecule has 0 aromatic heterocycles. The largest absolute Gasteiger partial charge is 0.241 e. The zero-order valence-electron chi connectivity index (χ0n) is 7.61. The van der Waals surface area contributed by atoms with Gasteiger partial charge in [-0.1, -0.05) is 33.6 Å². The molecule has 2 atom stereocenters. The highest BCUT2D eigenvalue weighted by Gasteiger charge is 2.14. The van der Waals surface area contributed by atoms with Crippen LogP contribution in [0, 0.1) is 11.8 Å². The summed E-state index contributed by atoms with van der Waals surface area (Å²) in [5.74, 6) is 0.167. The summed E-state index contributed by atoms with van der Waals surface area (Å²) in [5.41, 5.74) is 0. The highest BCUT2D eigenvalue weighted by molar-refractivity contribution is 4.58. The van der Waals surface area contributed by atoms with E-state index < -0.39 is 12.3 Å². The van der Waals surface area contributed by atoms with E-state index in [0.29, 0.717) is 12.3 Å². The molecule has 0 N–H and O–H groups in total. The van der Waals surface area contributed by atoms with Crippen molar-refractivity contribution in [2.45, 2.75) is 46.5 Å². The van der Waals surface area contributed by atoms with Crippen molar-refractivity contribution >= 4 is 0 Å². The summed E-state index contributed by atoms with van der Waals surface area (Å²) in [4.78, 5) is 0. The van der Waals surface area contributed by atoms with E-state index in [9.17, 15) is 8.78 Å². The van der Waals surface area contributed by atoms with Crippen LogP contribution in [0.5, 0.6) is 0 Å². The maximum Gasteiger partial charge on any atom is 0.241 e. The monoisotopic (exact) mass is 164 g/mol. The van der Waals surface area contributed by atoms with Crippen LogP contribution in [0.25, 0.3) is 0 Å². The summed E-state index contributed by atoms with van der Waals surface area (Å²) in [5, 5.41) is 0. The van der Waals surface area contributed by atoms with Gasteiger partial charge in [0.05, 0.1) is 0 Å². The van der Waals surface area contributed by atoms with Crippen molar-refractivity contribution in [1.29, 1.82) is 0 Å². The van der Waals surface area contributed by atoms with Crippen LogP contribution in [0.2, 0.25) is 0 Å². The molecule has 0 radical (unpaired) electrons. The molecule has 0 aliphatic rings. The van der Waals surface area contributed by atoms with Gasteiger partial charge in [0.1, 0.15) is 0 Å². The lowest BCUT2D eigenvalue weighted by atomic mass is 9.97. The number of alkyl halides is 2. The van der Waals surface area contributed by atoms with Gasteiger partial charge in [-0.3, -0.25) is 0 Å². The summed E-state index contributed by atoms with van der Waals surface area (Å²) in [7, 11) is 0. The first kappa shape index (κ1) is 10.9. The van der Waals surface area contributed by atoms with Crippen molar-refractivity contribution in [2.75, 3.05) is 0 Å². The minimum atomic E-state index is -2.14. The highest BCUT2D eigenvalue weighted by atomic mass is 19.3. The maximum absolute atomic E-state index is 12.0. The molecule has 0 aromatic carbocycles. The first-order valence-corrected chi connectivity index (χ1v) is 4.36. The third-order valence-corrected chi connectivity index (χ3v) is 2.24. The van der Waals surface area contributed by atoms with Gasteiger partial charge in [-0.2, -0.15) is 0 Å². The molecule has 2 unspecified atom stereocenters. The number of hydrogen-bond donors (Lipinski definition) is 0. The van der Waals surface area contributed by atoms with Crippen LogP contribution in [-0.4, -0.2) is 6.43 Å². The second-order valence-electron chi connectivity index (χ2n) is 3.40. The Bertz CT molecular complexity index is 91.6. The Morgan fingerprint density at radius 3 is 2.00 bits per heavy atom. The zero-order chi connectivity index (χ0) is 8.85. The molecule has 0 nitrogen and oxygen atoms in total. The lowest BCUT2D eigenvalue weighted by Gasteiger charge is -2.12. The third kappa shape index (κ3) is 5.16. The van der Waals surface area contributed by atoms with E-state index in [0.717, 1.165) is 12.8 Å². The Morgan fingerprint density at radius 1 is 1.09 bits per heavy atom. The van der Waals surface area contributed by atoms with Crippen molar-refractivity contribution in [3.05, 3.63) is 0 Å². The van der Waals surface area contributed by atoms with Crippen molar-refractivity contribution in [3.8, 4) is 0 Å². The molecular weight excluding hydrogens is 146 g/mol. The van der Waals surface area contributed by atoms with Crippen LogP contribution in [0.3, 0.4) is 0 Å². The van der Waals surface area contributed by atoms with Crippen molar-refractivity contribution in [3.63, 3.8) is 0 Å². The van der Waals surface area contributed by atoms with Crippen LogP contribution in [0.1, 0.15) is 40.0 Å². The van der Waals surface area contributed by atoms with E-state index in [1.807, 2.05) is 0 Å². The van der Waals surface area contributed by atoms with Crippen molar-refractivity contribution < 1.29 is 8.78 Å². The van der Waals surface area contributed by atoms with E-state index in [4.69, 9.17) is 0 Å². The van der Waals surface area contributed by atoms with Gasteiger partial charge < -0.3 is 0 Å². The van der Waals surface area contributed by atoms with Crippen molar-refractivity contribution in [1.82, 2.24) is 0 Å². The summed E-state index contributed by atoms with van der Waals surface area (Å²) in [6.07, 6.45) is 0.545. The van der Waals surface area contributed by atoms with Crippen LogP contribution < -0.4 is 0 Å². The fourth-order valence-electron chi connectivity index (χ4n) is 0.878. The zero-order valence-corrected chi connectivity index (χ0v) is 7.61. The summed E-state index contributed by atoms with van der Waals surface area (Å²) >= 11 is 0. The fourth-order valence-corrected chi connectivity index (χ4v) is 0.878.